The second-order valence-electron chi connectivity index (χ2n) is 3.78. The molecule has 0 aliphatic carbocycles. The summed E-state index contributed by atoms with van der Waals surface area (Å²) in [5.41, 5.74) is 1.05. The summed E-state index contributed by atoms with van der Waals surface area (Å²) in [5.74, 6) is 0.919. The molecule has 1 unspecified atom stereocenters. The second-order valence-corrected chi connectivity index (χ2v) is 3.78. The lowest BCUT2D eigenvalue weighted by Crippen LogP contribution is -2.22. The molecule has 1 aromatic heterocycles. The number of anilines is 1. The van der Waals surface area contributed by atoms with Crippen molar-refractivity contribution in [3.63, 3.8) is 0 Å². The standard InChI is InChI=1S/C11H19N3O/c1-4-10-7-11(13-8-12-10)14(3)6-5-9(2)15/h7-9,15H,4-6H2,1-3H3. The molecule has 0 radical (unpaired) electrons. The number of aliphatic hydroxyl groups excluding tert-OH is 1. The molecule has 1 rings (SSSR count). The molecule has 0 saturated heterocycles. The predicted octanol–water partition coefficient (Wildman–Crippen LogP) is 1.25. The van der Waals surface area contributed by atoms with E-state index in [0.717, 1.165) is 30.9 Å². The van der Waals surface area contributed by atoms with E-state index >= 15 is 0 Å². The SMILES string of the molecule is CCc1cc(N(C)CCC(C)O)ncn1. The van der Waals surface area contributed by atoms with Crippen molar-refractivity contribution in [2.24, 2.45) is 0 Å². The molecular formula is C11H19N3O. The Labute approximate surface area is 91.0 Å². The zero-order valence-corrected chi connectivity index (χ0v) is 9.64. The normalized spacial score (nSPS) is 12.5. The lowest BCUT2D eigenvalue weighted by Gasteiger charge is -2.18. The minimum absolute atomic E-state index is 0.264. The zero-order valence-electron chi connectivity index (χ0n) is 9.64. The summed E-state index contributed by atoms with van der Waals surface area (Å²) < 4.78 is 0. The first-order valence-corrected chi connectivity index (χ1v) is 5.33. The number of hydrogen-bond donors (Lipinski definition) is 1. The highest BCUT2D eigenvalue weighted by Gasteiger charge is 2.05. The maximum absolute atomic E-state index is 9.19. The molecule has 1 aromatic rings. The summed E-state index contributed by atoms with van der Waals surface area (Å²) in [4.78, 5) is 10.4. The van der Waals surface area contributed by atoms with Crippen LogP contribution in [0.15, 0.2) is 12.4 Å². The van der Waals surface area contributed by atoms with E-state index in [4.69, 9.17) is 0 Å². The molecule has 4 heteroatoms. The van der Waals surface area contributed by atoms with Crippen LogP contribution in [0.25, 0.3) is 0 Å². The van der Waals surface area contributed by atoms with Gasteiger partial charge in [0.05, 0.1) is 6.10 Å². The van der Waals surface area contributed by atoms with Crippen LogP contribution in [0.3, 0.4) is 0 Å². The van der Waals surface area contributed by atoms with Gasteiger partial charge < -0.3 is 10.0 Å². The zero-order chi connectivity index (χ0) is 11.3. The van der Waals surface area contributed by atoms with E-state index in [1.54, 1.807) is 13.3 Å². The van der Waals surface area contributed by atoms with Crippen LogP contribution in [0.1, 0.15) is 26.0 Å². The van der Waals surface area contributed by atoms with E-state index in [9.17, 15) is 5.11 Å². The molecule has 0 bridgehead atoms. The van der Waals surface area contributed by atoms with Gasteiger partial charge >= 0.3 is 0 Å². The van der Waals surface area contributed by atoms with Crippen LogP contribution in [-0.2, 0) is 6.42 Å². The van der Waals surface area contributed by atoms with Crippen molar-refractivity contribution in [3.05, 3.63) is 18.1 Å². The molecule has 0 aliphatic heterocycles. The van der Waals surface area contributed by atoms with Crippen LogP contribution in [0.2, 0.25) is 0 Å². The summed E-state index contributed by atoms with van der Waals surface area (Å²) in [6, 6.07) is 1.99. The lowest BCUT2D eigenvalue weighted by atomic mass is 10.2. The van der Waals surface area contributed by atoms with Crippen molar-refractivity contribution >= 4 is 5.82 Å². The van der Waals surface area contributed by atoms with Crippen LogP contribution < -0.4 is 4.90 Å². The molecule has 0 amide bonds. The molecule has 0 saturated carbocycles. The molecule has 1 heterocycles. The van der Waals surface area contributed by atoms with Gasteiger partial charge in [0.15, 0.2) is 0 Å². The van der Waals surface area contributed by atoms with Gasteiger partial charge in [-0.2, -0.15) is 0 Å². The number of hydrogen-bond acceptors (Lipinski definition) is 4. The number of aryl methyl sites for hydroxylation is 1. The molecule has 0 spiro atoms. The Morgan fingerprint density at radius 2 is 2.20 bits per heavy atom. The number of aliphatic hydroxyl groups is 1. The van der Waals surface area contributed by atoms with Crippen LogP contribution in [-0.4, -0.2) is 34.8 Å². The minimum Gasteiger partial charge on any atom is -0.393 e. The topological polar surface area (TPSA) is 49.2 Å². The fourth-order valence-corrected chi connectivity index (χ4v) is 1.28. The Morgan fingerprint density at radius 1 is 1.47 bits per heavy atom. The monoisotopic (exact) mass is 209 g/mol. The molecule has 15 heavy (non-hydrogen) atoms. The van der Waals surface area contributed by atoms with Gasteiger partial charge in [0.1, 0.15) is 12.1 Å². The highest BCUT2D eigenvalue weighted by Crippen LogP contribution is 2.10. The quantitative estimate of drug-likeness (QED) is 0.793. The maximum Gasteiger partial charge on any atom is 0.131 e. The van der Waals surface area contributed by atoms with Gasteiger partial charge in [0.2, 0.25) is 0 Å². The Hall–Kier alpha value is -1.16. The summed E-state index contributed by atoms with van der Waals surface area (Å²) in [6.07, 6.45) is 2.99. The van der Waals surface area contributed by atoms with Gasteiger partial charge in [-0.1, -0.05) is 6.92 Å². The molecule has 4 nitrogen and oxygen atoms in total. The van der Waals surface area contributed by atoms with E-state index in [2.05, 4.69) is 16.9 Å². The fraction of sp³-hybridized carbons (Fsp3) is 0.636. The maximum atomic E-state index is 9.19. The number of nitrogens with zero attached hydrogens (tertiary/aromatic N) is 3. The van der Waals surface area contributed by atoms with E-state index in [-0.39, 0.29) is 6.10 Å². The van der Waals surface area contributed by atoms with Crippen LogP contribution >= 0.6 is 0 Å². The highest BCUT2D eigenvalue weighted by atomic mass is 16.3. The van der Waals surface area contributed by atoms with Crippen molar-refractivity contribution in [2.45, 2.75) is 32.8 Å². The number of rotatable bonds is 5. The van der Waals surface area contributed by atoms with Gasteiger partial charge in [0, 0.05) is 25.4 Å². The summed E-state index contributed by atoms with van der Waals surface area (Å²) in [6.45, 7) is 4.67. The van der Waals surface area contributed by atoms with E-state index in [1.165, 1.54) is 0 Å². The Balaban J connectivity index is 2.60. The summed E-state index contributed by atoms with van der Waals surface area (Å²) >= 11 is 0. The molecule has 1 N–H and O–H groups in total. The van der Waals surface area contributed by atoms with Crippen molar-refractivity contribution in [1.29, 1.82) is 0 Å². The van der Waals surface area contributed by atoms with Crippen molar-refractivity contribution in [2.75, 3.05) is 18.5 Å². The molecule has 0 fully saturated rings. The van der Waals surface area contributed by atoms with Crippen molar-refractivity contribution in [1.82, 2.24) is 9.97 Å². The van der Waals surface area contributed by atoms with Crippen LogP contribution in [0, 0.1) is 0 Å². The molecule has 0 aromatic carbocycles. The fourth-order valence-electron chi connectivity index (χ4n) is 1.28. The average molecular weight is 209 g/mol. The van der Waals surface area contributed by atoms with Crippen LogP contribution in [0.5, 0.6) is 0 Å². The van der Waals surface area contributed by atoms with Gasteiger partial charge in [-0.05, 0) is 19.8 Å². The van der Waals surface area contributed by atoms with E-state index in [0.29, 0.717) is 0 Å². The molecular weight excluding hydrogens is 190 g/mol. The second kappa shape index (κ2) is 5.66. The van der Waals surface area contributed by atoms with Gasteiger partial charge in [-0.25, -0.2) is 9.97 Å². The minimum atomic E-state index is -0.264. The first-order valence-electron chi connectivity index (χ1n) is 5.33. The first kappa shape index (κ1) is 11.9. The first-order chi connectivity index (χ1) is 7.13. The van der Waals surface area contributed by atoms with Crippen molar-refractivity contribution in [3.8, 4) is 0 Å². The third-order valence-electron chi connectivity index (χ3n) is 2.34. The summed E-state index contributed by atoms with van der Waals surface area (Å²) in [5, 5.41) is 9.19. The Morgan fingerprint density at radius 3 is 2.80 bits per heavy atom. The highest BCUT2D eigenvalue weighted by molar-refractivity contribution is 5.37. The van der Waals surface area contributed by atoms with Gasteiger partial charge in [0.25, 0.3) is 0 Å². The third-order valence-corrected chi connectivity index (χ3v) is 2.34. The Kier molecular flexibility index (Phi) is 4.49. The van der Waals surface area contributed by atoms with Gasteiger partial charge in [-0.15, -0.1) is 0 Å². The Bertz CT molecular complexity index is 302. The van der Waals surface area contributed by atoms with Crippen LogP contribution in [0.4, 0.5) is 5.82 Å². The van der Waals surface area contributed by atoms with Crippen molar-refractivity contribution < 1.29 is 5.11 Å². The largest absolute Gasteiger partial charge is 0.393 e. The van der Waals surface area contributed by atoms with E-state index < -0.39 is 0 Å². The number of aromatic nitrogens is 2. The predicted molar refractivity (Wildman–Crippen MR) is 61.0 cm³/mol. The third kappa shape index (κ3) is 3.83. The van der Waals surface area contributed by atoms with E-state index in [1.807, 2.05) is 18.0 Å². The lowest BCUT2D eigenvalue weighted by molar-refractivity contribution is 0.187. The molecule has 84 valence electrons. The average Bonchev–Trinajstić information content (AvgIpc) is 2.26. The summed E-state index contributed by atoms with van der Waals surface area (Å²) in [7, 11) is 1.98. The van der Waals surface area contributed by atoms with Gasteiger partial charge in [-0.3, -0.25) is 0 Å². The smallest absolute Gasteiger partial charge is 0.131 e. The molecule has 1 atom stereocenters. The molecule has 0 aliphatic rings.